The Labute approximate surface area is 116 Å². The van der Waals surface area contributed by atoms with Gasteiger partial charge in [-0.1, -0.05) is 33.6 Å². The number of carboxylic acid groups (broad SMARTS) is 1. The maximum atomic E-state index is 12.1. The van der Waals surface area contributed by atoms with E-state index in [0.29, 0.717) is 6.42 Å². The molecule has 1 rings (SSSR count). The summed E-state index contributed by atoms with van der Waals surface area (Å²) >= 11 is 0. The highest BCUT2D eigenvalue weighted by Crippen LogP contribution is 2.38. The van der Waals surface area contributed by atoms with Crippen molar-refractivity contribution >= 4 is 11.9 Å². The Morgan fingerprint density at radius 3 is 2.63 bits per heavy atom. The molecule has 0 bridgehead atoms. The first kappa shape index (κ1) is 16.0. The summed E-state index contributed by atoms with van der Waals surface area (Å²) in [6.45, 7) is 6.62. The van der Waals surface area contributed by atoms with E-state index >= 15 is 0 Å². The lowest BCUT2D eigenvalue weighted by Crippen LogP contribution is -2.39. The molecule has 4 nitrogen and oxygen atoms in total. The molecule has 4 heteroatoms. The molecule has 0 aromatic heterocycles. The minimum atomic E-state index is -0.814. The van der Waals surface area contributed by atoms with Crippen molar-refractivity contribution in [2.75, 3.05) is 6.54 Å². The van der Waals surface area contributed by atoms with Gasteiger partial charge in [-0.3, -0.25) is 9.59 Å². The average molecular weight is 269 g/mol. The lowest BCUT2D eigenvalue weighted by Gasteiger charge is -2.34. The number of carbonyl (C=O) groups is 2. The molecule has 1 aliphatic rings. The number of hydrogen-bond donors (Lipinski definition) is 2. The quantitative estimate of drug-likeness (QED) is 0.779. The highest BCUT2D eigenvalue weighted by atomic mass is 16.4. The maximum Gasteiger partial charge on any atom is 0.308 e. The van der Waals surface area contributed by atoms with Crippen LogP contribution in [0.25, 0.3) is 0 Å². The van der Waals surface area contributed by atoms with Crippen molar-refractivity contribution in [3.63, 3.8) is 0 Å². The molecule has 2 N–H and O–H groups in total. The van der Waals surface area contributed by atoms with Crippen LogP contribution in [0.4, 0.5) is 0 Å². The summed E-state index contributed by atoms with van der Waals surface area (Å²) in [6.07, 6.45) is 5.53. The number of carboxylic acids is 1. The highest BCUT2D eigenvalue weighted by Gasteiger charge is 2.32. The molecule has 1 aliphatic carbocycles. The molecule has 1 fully saturated rings. The van der Waals surface area contributed by atoms with E-state index in [1.54, 1.807) is 0 Å². The maximum absolute atomic E-state index is 12.1. The number of rotatable bonds is 6. The van der Waals surface area contributed by atoms with E-state index in [2.05, 4.69) is 19.2 Å². The average Bonchev–Trinajstić information content (AvgIpc) is 2.32. The fourth-order valence-corrected chi connectivity index (χ4v) is 2.95. The van der Waals surface area contributed by atoms with Gasteiger partial charge in [-0.05, 0) is 31.1 Å². The van der Waals surface area contributed by atoms with Gasteiger partial charge in [0.1, 0.15) is 0 Å². The molecular formula is C15H27NO3. The normalized spacial score (nSPS) is 23.6. The molecule has 0 aromatic rings. The summed E-state index contributed by atoms with van der Waals surface area (Å²) in [7, 11) is 0. The summed E-state index contributed by atoms with van der Waals surface area (Å²) in [5, 5.41) is 11.9. The second-order valence-electron chi connectivity index (χ2n) is 6.53. The van der Waals surface area contributed by atoms with Crippen LogP contribution in [-0.4, -0.2) is 23.5 Å². The van der Waals surface area contributed by atoms with Crippen LogP contribution in [0.15, 0.2) is 0 Å². The molecule has 0 spiro atoms. The number of amides is 1. The van der Waals surface area contributed by atoms with E-state index in [0.717, 1.165) is 25.7 Å². The van der Waals surface area contributed by atoms with E-state index in [1.807, 2.05) is 6.92 Å². The zero-order valence-electron chi connectivity index (χ0n) is 12.4. The third-order valence-corrected chi connectivity index (χ3v) is 4.08. The third kappa shape index (κ3) is 5.21. The van der Waals surface area contributed by atoms with Crippen molar-refractivity contribution in [1.82, 2.24) is 5.32 Å². The topological polar surface area (TPSA) is 66.4 Å². The Bertz CT molecular complexity index is 325. The van der Waals surface area contributed by atoms with Crippen LogP contribution in [-0.2, 0) is 9.59 Å². The fourth-order valence-electron chi connectivity index (χ4n) is 2.95. The molecule has 2 atom stereocenters. The molecule has 1 amide bonds. The number of carbonyl (C=O) groups excluding carboxylic acids is 1. The fraction of sp³-hybridized carbons (Fsp3) is 0.867. The number of hydrogen-bond acceptors (Lipinski definition) is 2. The van der Waals surface area contributed by atoms with Crippen LogP contribution in [0, 0.1) is 17.3 Å². The first-order valence-electron chi connectivity index (χ1n) is 7.36. The van der Waals surface area contributed by atoms with Gasteiger partial charge in [0.25, 0.3) is 0 Å². The molecule has 0 heterocycles. The van der Waals surface area contributed by atoms with E-state index in [1.165, 1.54) is 6.42 Å². The van der Waals surface area contributed by atoms with Gasteiger partial charge in [0.2, 0.25) is 5.91 Å². The van der Waals surface area contributed by atoms with Gasteiger partial charge in [0.05, 0.1) is 5.92 Å². The largest absolute Gasteiger partial charge is 0.481 e. The first-order valence-corrected chi connectivity index (χ1v) is 7.36. The second kappa shape index (κ2) is 6.92. The van der Waals surface area contributed by atoms with Gasteiger partial charge in [-0.15, -0.1) is 0 Å². The zero-order valence-corrected chi connectivity index (χ0v) is 12.4. The second-order valence-corrected chi connectivity index (χ2v) is 6.53. The highest BCUT2D eigenvalue weighted by molar-refractivity contribution is 5.79. The summed E-state index contributed by atoms with van der Waals surface area (Å²) in [5.41, 5.74) is 0.232. The Balaban J connectivity index is 2.43. The Morgan fingerprint density at radius 1 is 1.42 bits per heavy atom. The van der Waals surface area contributed by atoms with Crippen LogP contribution >= 0.6 is 0 Å². The standard InChI is InChI=1S/C15H27NO3/c1-4-6-12(14(18)19)10-16-13(17)11-7-5-8-15(2,3)9-11/h11-12H,4-10H2,1-3H3,(H,16,17)(H,18,19). The van der Waals surface area contributed by atoms with Crippen molar-refractivity contribution < 1.29 is 14.7 Å². The monoisotopic (exact) mass is 269 g/mol. The number of aliphatic carboxylic acids is 1. The van der Waals surface area contributed by atoms with Gasteiger partial charge in [0.15, 0.2) is 0 Å². The smallest absolute Gasteiger partial charge is 0.308 e. The van der Waals surface area contributed by atoms with Crippen molar-refractivity contribution in [1.29, 1.82) is 0 Å². The lowest BCUT2D eigenvalue weighted by molar-refractivity contribution is -0.142. The van der Waals surface area contributed by atoms with Crippen LogP contribution in [0.2, 0.25) is 0 Å². The van der Waals surface area contributed by atoms with Crippen LogP contribution in [0.1, 0.15) is 59.3 Å². The van der Waals surface area contributed by atoms with Crippen molar-refractivity contribution in [2.45, 2.75) is 59.3 Å². The Morgan fingerprint density at radius 2 is 2.11 bits per heavy atom. The lowest BCUT2D eigenvalue weighted by atomic mass is 9.72. The van der Waals surface area contributed by atoms with Crippen LogP contribution in [0.3, 0.4) is 0 Å². The van der Waals surface area contributed by atoms with Crippen LogP contribution in [0.5, 0.6) is 0 Å². The van der Waals surface area contributed by atoms with Crippen LogP contribution < -0.4 is 5.32 Å². The predicted molar refractivity (Wildman–Crippen MR) is 74.8 cm³/mol. The van der Waals surface area contributed by atoms with E-state index in [-0.39, 0.29) is 23.8 Å². The first-order chi connectivity index (χ1) is 8.85. The molecule has 0 aromatic carbocycles. The predicted octanol–water partition coefficient (Wildman–Crippen LogP) is 2.82. The number of nitrogens with one attached hydrogen (secondary N) is 1. The molecule has 0 radical (unpaired) electrons. The Kier molecular flexibility index (Phi) is 5.83. The molecule has 110 valence electrons. The molecule has 0 aliphatic heterocycles. The molecule has 1 saturated carbocycles. The SMILES string of the molecule is CCCC(CNC(=O)C1CCCC(C)(C)C1)C(=O)O. The minimum Gasteiger partial charge on any atom is -0.481 e. The van der Waals surface area contributed by atoms with Crippen molar-refractivity contribution in [2.24, 2.45) is 17.3 Å². The zero-order chi connectivity index (χ0) is 14.5. The minimum absolute atomic E-state index is 0.0372. The third-order valence-electron chi connectivity index (χ3n) is 4.08. The Hall–Kier alpha value is -1.06. The molecule has 0 saturated heterocycles. The van der Waals surface area contributed by atoms with Crippen molar-refractivity contribution in [3.8, 4) is 0 Å². The summed E-state index contributed by atoms with van der Waals surface area (Å²) in [5.74, 6) is -1.17. The van der Waals surface area contributed by atoms with Gasteiger partial charge < -0.3 is 10.4 Å². The molecule has 2 unspecified atom stereocenters. The summed E-state index contributed by atoms with van der Waals surface area (Å²) < 4.78 is 0. The van der Waals surface area contributed by atoms with E-state index in [4.69, 9.17) is 5.11 Å². The van der Waals surface area contributed by atoms with Gasteiger partial charge >= 0.3 is 5.97 Å². The molecular weight excluding hydrogens is 242 g/mol. The van der Waals surface area contributed by atoms with Gasteiger partial charge in [-0.25, -0.2) is 0 Å². The summed E-state index contributed by atoms with van der Waals surface area (Å²) in [6, 6.07) is 0. The van der Waals surface area contributed by atoms with Gasteiger partial charge in [-0.2, -0.15) is 0 Å². The molecule has 19 heavy (non-hydrogen) atoms. The van der Waals surface area contributed by atoms with Gasteiger partial charge in [0, 0.05) is 12.5 Å². The van der Waals surface area contributed by atoms with E-state index < -0.39 is 11.9 Å². The summed E-state index contributed by atoms with van der Waals surface area (Å²) in [4.78, 5) is 23.1. The van der Waals surface area contributed by atoms with E-state index in [9.17, 15) is 9.59 Å². The van der Waals surface area contributed by atoms with Crippen molar-refractivity contribution in [3.05, 3.63) is 0 Å².